The number of pyridine rings is 1. The van der Waals surface area contributed by atoms with Crippen LogP contribution in [-0.2, 0) is 11.3 Å². The van der Waals surface area contributed by atoms with Gasteiger partial charge in [-0.2, -0.15) is 0 Å². The summed E-state index contributed by atoms with van der Waals surface area (Å²) in [4.78, 5) is 18.8. The number of tetrazole rings is 1. The lowest BCUT2D eigenvalue weighted by Gasteiger charge is -2.29. The number of benzene rings is 1. The van der Waals surface area contributed by atoms with Crippen molar-refractivity contribution in [2.24, 2.45) is 0 Å². The molecule has 0 aliphatic carbocycles. The first kappa shape index (κ1) is 20.7. The number of fused-ring (bicyclic) bond motifs is 1. The second kappa shape index (κ2) is 9.06. The van der Waals surface area contributed by atoms with E-state index in [-0.39, 0.29) is 11.6 Å². The molecule has 0 bridgehead atoms. The van der Waals surface area contributed by atoms with E-state index in [2.05, 4.69) is 38.4 Å². The fourth-order valence-corrected chi connectivity index (χ4v) is 4.39. The number of nitrogens with one attached hydrogen (secondary N) is 1. The zero-order valence-electron chi connectivity index (χ0n) is 18.0. The Bertz CT molecular complexity index is 1070. The van der Waals surface area contributed by atoms with Crippen molar-refractivity contribution < 1.29 is 4.74 Å². The third-order valence-corrected chi connectivity index (χ3v) is 6.08. The molecule has 0 spiro atoms. The number of aromatic amines is 1. The van der Waals surface area contributed by atoms with Gasteiger partial charge < -0.3 is 9.72 Å². The zero-order chi connectivity index (χ0) is 21.1. The smallest absolute Gasteiger partial charge is 0.253 e. The average Bonchev–Trinajstić information content (AvgIpc) is 3.03. The third-order valence-electron chi connectivity index (χ3n) is 6.08. The van der Waals surface area contributed by atoms with Gasteiger partial charge in [-0.25, -0.2) is 4.68 Å². The molecular weight excluding hydrogens is 380 g/mol. The number of H-pyrrole nitrogens is 1. The highest BCUT2D eigenvalue weighted by Crippen LogP contribution is 2.30. The molecule has 1 atom stereocenters. The number of hydrogen-bond acceptors (Lipinski definition) is 6. The van der Waals surface area contributed by atoms with Gasteiger partial charge in [-0.1, -0.05) is 25.0 Å². The molecule has 3 aromatic rings. The molecule has 1 fully saturated rings. The molecule has 8 heteroatoms. The minimum Gasteiger partial charge on any atom is -0.383 e. The maximum atomic E-state index is 13.3. The van der Waals surface area contributed by atoms with Gasteiger partial charge in [0.05, 0.1) is 18.7 Å². The zero-order valence-corrected chi connectivity index (χ0v) is 18.0. The maximum Gasteiger partial charge on any atom is 0.253 e. The van der Waals surface area contributed by atoms with E-state index in [1.165, 1.54) is 12.8 Å². The molecule has 1 saturated heterocycles. The SMILES string of the molecule is COCCn1nnnc1[C@H](c1cc2c(C)ccc(C)c2[nH]c1=O)N1CCCCCC1. The maximum absolute atomic E-state index is 13.3. The molecule has 30 heavy (non-hydrogen) atoms. The van der Waals surface area contributed by atoms with Crippen LogP contribution in [0.1, 0.15) is 54.2 Å². The van der Waals surface area contributed by atoms with Crippen molar-refractivity contribution in [1.29, 1.82) is 0 Å². The minimum atomic E-state index is -0.289. The first-order valence-electron chi connectivity index (χ1n) is 10.7. The summed E-state index contributed by atoms with van der Waals surface area (Å²) >= 11 is 0. The molecular formula is C22H30N6O2. The molecule has 0 saturated carbocycles. The van der Waals surface area contributed by atoms with Crippen LogP contribution in [0.2, 0.25) is 0 Å². The van der Waals surface area contributed by atoms with E-state index in [4.69, 9.17) is 4.74 Å². The summed E-state index contributed by atoms with van der Waals surface area (Å²) in [6.07, 6.45) is 4.65. The monoisotopic (exact) mass is 410 g/mol. The summed E-state index contributed by atoms with van der Waals surface area (Å²) in [5.74, 6) is 0.698. The molecule has 0 unspecified atom stereocenters. The van der Waals surface area contributed by atoms with Crippen LogP contribution in [0.15, 0.2) is 23.0 Å². The van der Waals surface area contributed by atoms with Crippen molar-refractivity contribution in [3.05, 3.63) is 51.1 Å². The summed E-state index contributed by atoms with van der Waals surface area (Å²) < 4.78 is 7.00. The number of methoxy groups -OCH3 is 1. The first-order chi connectivity index (χ1) is 14.6. The summed E-state index contributed by atoms with van der Waals surface area (Å²) in [7, 11) is 1.66. The van der Waals surface area contributed by atoms with Crippen molar-refractivity contribution in [2.75, 3.05) is 26.8 Å². The molecule has 1 aromatic carbocycles. The number of hydrogen-bond donors (Lipinski definition) is 1. The standard InChI is InChI=1S/C22H30N6O2/c1-15-8-9-16(2)19-17(15)14-18(22(29)23-19)20(27-10-6-4-5-7-11-27)21-24-25-26-28(21)12-13-30-3/h8-9,14,20H,4-7,10-13H2,1-3H3,(H,23,29)/t20-/m0/s1. The molecule has 4 rings (SSSR count). The van der Waals surface area contributed by atoms with Crippen molar-refractivity contribution >= 4 is 10.9 Å². The van der Waals surface area contributed by atoms with Gasteiger partial charge >= 0.3 is 0 Å². The Labute approximate surface area is 176 Å². The predicted octanol–water partition coefficient (Wildman–Crippen LogP) is 2.74. The molecule has 3 heterocycles. The van der Waals surface area contributed by atoms with Gasteiger partial charge in [0.2, 0.25) is 0 Å². The van der Waals surface area contributed by atoms with E-state index in [1.54, 1.807) is 11.8 Å². The topological polar surface area (TPSA) is 88.9 Å². The van der Waals surface area contributed by atoms with E-state index in [9.17, 15) is 4.79 Å². The molecule has 2 aromatic heterocycles. The van der Waals surface area contributed by atoms with E-state index < -0.39 is 0 Å². The van der Waals surface area contributed by atoms with Crippen LogP contribution >= 0.6 is 0 Å². The number of likely N-dealkylation sites (tertiary alicyclic amines) is 1. The summed E-state index contributed by atoms with van der Waals surface area (Å²) in [6, 6.07) is 5.90. The Balaban J connectivity index is 1.88. The van der Waals surface area contributed by atoms with E-state index in [0.29, 0.717) is 24.5 Å². The van der Waals surface area contributed by atoms with Gasteiger partial charge in [0, 0.05) is 18.1 Å². The molecule has 1 aliphatic heterocycles. The van der Waals surface area contributed by atoms with Crippen molar-refractivity contribution in [3.63, 3.8) is 0 Å². The summed E-state index contributed by atoms with van der Waals surface area (Å²) in [5.41, 5.74) is 3.73. The fraction of sp³-hybridized carbons (Fsp3) is 0.545. The van der Waals surface area contributed by atoms with Gasteiger partial charge in [-0.05, 0) is 67.4 Å². The number of aryl methyl sites for hydroxylation is 2. The van der Waals surface area contributed by atoms with Crippen LogP contribution in [0.4, 0.5) is 0 Å². The van der Waals surface area contributed by atoms with Crippen molar-refractivity contribution in [3.8, 4) is 0 Å². The van der Waals surface area contributed by atoms with Crippen LogP contribution in [0.5, 0.6) is 0 Å². The molecule has 8 nitrogen and oxygen atoms in total. The lowest BCUT2D eigenvalue weighted by molar-refractivity contribution is 0.175. The first-order valence-corrected chi connectivity index (χ1v) is 10.7. The summed E-state index contributed by atoms with van der Waals surface area (Å²) in [5, 5.41) is 13.5. The number of rotatable bonds is 6. The molecule has 1 aliphatic rings. The Hall–Kier alpha value is -2.58. The van der Waals surface area contributed by atoms with Gasteiger partial charge in [-0.3, -0.25) is 9.69 Å². The molecule has 0 amide bonds. The predicted molar refractivity (Wildman–Crippen MR) is 116 cm³/mol. The molecule has 160 valence electrons. The lowest BCUT2D eigenvalue weighted by Crippen LogP contribution is -2.36. The van der Waals surface area contributed by atoms with Crippen LogP contribution in [0, 0.1) is 13.8 Å². The Kier molecular flexibility index (Phi) is 6.24. The van der Waals surface area contributed by atoms with E-state index in [1.807, 2.05) is 19.1 Å². The average molecular weight is 411 g/mol. The second-order valence-corrected chi connectivity index (χ2v) is 8.15. The molecule has 0 radical (unpaired) electrons. The van der Waals surface area contributed by atoms with Crippen molar-refractivity contribution in [2.45, 2.75) is 52.1 Å². The highest BCUT2D eigenvalue weighted by molar-refractivity contribution is 5.85. The largest absolute Gasteiger partial charge is 0.383 e. The number of aromatic nitrogens is 5. The lowest BCUT2D eigenvalue weighted by atomic mass is 9.99. The van der Waals surface area contributed by atoms with E-state index in [0.717, 1.165) is 48.0 Å². The van der Waals surface area contributed by atoms with Gasteiger partial charge in [0.1, 0.15) is 6.04 Å². The minimum absolute atomic E-state index is 0.0771. The van der Waals surface area contributed by atoms with Gasteiger partial charge in [0.15, 0.2) is 5.82 Å². The van der Waals surface area contributed by atoms with Crippen LogP contribution in [0.25, 0.3) is 10.9 Å². The normalized spacial score (nSPS) is 16.6. The fourth-order valence-electron chi connectivity index (χ4n) is 4.39. The van der Waals surface area contributed by atoms with Gasteiger partial charge in [-0.15, -0.1) is 5.10 Å². The third kappa shape index (κ3) is 4.02. The highest BCUT2D eigenvalue weighted by Gasteiger charge is 2.31. The Morgan fingerprint density at radius 3 is 2.60 bits per heavy atom. The number of ether oxygens (including phenoxy) is 1. The van der Waals surface area contributed by atoms with Gasteiger partial charge in [0.25, 0.3) is 5.56 Å². The Morgan fingerprint density at radius 1 is 1.13 bits per heavy atom. The van der Waals surface area contributed by atoms with Crippen LogP contribution in [0.3, 0.4) is 0 Å². The quantitative estimate of drug-likeness (QED) is 0.672. The summed E-state index contributed by atoms with van der Waals surface area (Å²) in [6.45, 7) is 7.00. The highest BCUT2D eigenvalue weighted by atomic mass is 16.5. The van der Waals surface area contributed by atoms with E-state index >= 15 is 0 Å². The second-order valence-electron chi connectivity index (χ2n) is 8.15. The number of nitrogens with zero attached hydrogens (tertiary/aromatic N) is 5. The Morgan fingerprint density at radius 2 is 1.87 bits per heavy atom. The molecule has 1 N–H and O–H groups in total. The van der Waals surface area contributed by atoms with Crippen molar-refractivity contribution in [1.82, 2.24) is 30.1 Å². The van der Waals surface area contributed by atoms with Crippen LogP contribution < -0.4 is 5.56 Å². The van der Waals surface area contributed by atoms with Crippen LogP contribution in [-0.4, -0.2) is 56.9 Å².